The SMILES string of the molecule is c1ccc(-c2cc(-c3ccccc3)nc(-n3c4ccccc4c4ccc5c6ccc7ccccc7c6ccc5c43)c2)cc1. The molecule has 43 heavy (non-hydrogen) atoms. The van der Waals surface area contributed by atoms with Crippen LogP contribution in [0.4, 0.5) is 0 Å². The Kier molecular flexibility index (Phi) is 5.23. The van der Waals surface area contributed by atoms with Crippen molar-refractivity contribution in [2.24, 2.45) is 0 Å². The maximum Gasteiger partial charge on any atom is 0.138 e. The Labute approximate surface area is 249 Å². The van der Waals surface area contributed by atoms with E-state index in [4.69, 9.17) is 4.98 Å². The van der Waals surface area contributed by atoms with Crippen LogP contribution in [0.25, 0.3) is 82.3 Å². The standard InChI is InChI=1S/C41H26N2/c1-3-11-27(12-4-1)30-25-38(29-14-5-2-6-15-29)42-40(26-30)43-39-18-10-9-17-35(39)37-24-22-34-33-20-19-28-13-7-8-16-31(28)32(33)21-23-36(34)41(37)43/h1-26H. The molecule has 0 fully saturated rings. The molecule has 0 saturated carbocycles. The zero-order valence-electron chi connectivity index (χ0n) is 23.4. The van der Waals surface area contributed by atoms with Crippen LogP contribution in [0.3, 0.4) is 0 Å². The molecule has 7 aromatic carbocycles. The predicted octanol–water partition coefficient (Wildman–Crippen LogP) is 11.0. The molecule has 2 aromatic heterocycles. The van der Waals surface area contributed by atoms with Gasteiger partial charge in [-0.1, -0.05) is 140 Å². The average molecular weight is 547 g/mol. The summed E-state index contributed by atoms with van der Waals surface area (Å²) < 4.78 is 2.37. The van der Waals surface area contributed by atoms with Crippen LogP contribution < -0.4 is 0 Å². The maximum atomic E-state index is 5.34. The number of nitrogens with zero attached hydrogens (tertiary/aromatic N) is 2. The third-order valence-electron chi connectivity index (χ3n) is 8.77. The smallest absolute Gasteiger partial charge is 0.138 e. The molecule has 0 aliphatic heterocycles. The molecule has 0 N–H and O–H groups in total. The Hall–Kier alpha value is -5.73. The lowest BCUT2D eigenvalue weighted by molar-refractivity contribution is 1.09. The van der Waals surface area contributed by atoms with Crippen LogP contribution in [0.2, 0.25) is 0 Å². The molecular weight excluding hydrogens is 520 g/mol. The molecule has 0 atom stereocenters. The van der Waals surface area contributed by atoms with Crippen molar-refractivity contribution in [1.29, 1.82) is 0 Å². The van der Waals surface area contributed by atoms with E-state index in [9.17, 15) is 0 Å². The van der Waals surface area contributed by atoms with Crippen LogP contribution in [0.1, 0.15) is 0 Å². The van der Waals surface area contributed by atoms with Crippen LogP contribution in [0, 0.1) is 0 Å². The molecule has 0 amide bonds. The highest BCUT2D eigenvalue weighted by atomic mass is 15.1. The molecule has 9 rings (SSSR count). The van der Waals surface area contributed by atoms with Crippen molar-refractivity contribution < 1.29 is 0 Å². The lowest BCUT2D eigenvalue weighted by Gasteiger charge is -2.14. The average Bonchev–Trinajstić information content (AvgIpc) is 3.43. The van der Waals surface area contributed by atoms with Gasteiger partial charge in [-0.05, 0) is 56.3 Å². The number of hydrogen-bond donors (Lipinski definition) is 0. The highest BCUT2D eigenvalue weighted by Gasteiger charge is 2.18. The van der Waals surface area contributed by atoms with Gasteiger partial charge in [0.05, 0.1) is 16.7 Å². The first-order valence-electron chi connectivity index (χ1n) is 14.7. The molecule has 200 valence electrons. The summed E-state index contributed by atoms with van der Waals surface area (Å²) in [6, 6.07) is 56.6. The molecule has 0 radical (unpaired) electrons. The molecule has 2 heteroatoms. The Morgan fingerprint density at radius 1 is 0.372 bits per heavy atom. The number of pyridine rings is 1. The Morgan fingerprint density at radius 3 is 1.72 bits per heavy atom. The van der Waals surface area contributed by atoms with Gasteiger partial charge in [0, 0.05) is 21.7 Å². The van der Waals surface area contributed by atoms with Gasteiger partial charge in [0.1, 0.15) is 5.82 Å². The summed E-state index contributed by atoms with van der Waals surface area (Å²) in [4.78, 5) is 5.34. The van der Waals surface area contributed by atoms with Crippen molar-refractivity contribution >= 4 is 54.1 Å². The molecular formula is C41H26N2. The molecule has 0 spiro atoms. The van der Waals surface area contributed by atoms with Crippen molar-refractivity contribution in [2.45, 2.75) is 0 Å². The minimum Gasteiger partial charge on any atom is -0.293 e. The fourth-order valence-electron chi connectivity index (χ4n) is 6.79. The molecule has 0 unspecified atom stereocenters. The number of hydrogen-bond acceptors (Lipinski definition) is 1. The topological polar surface area (TPSA) is 17.8 Å². The number of fused-ring (bicyclic) bond motifs is 9. The molecule has 9 aromatic rings. The molecule has 0 aliphatic carbocycles. The first kappa shape index (κ1) is 23.9. The highest BCUT2D eigenvalue weighted by Crippen LogP contribution is 2.40. The van der Waals surface area contributed by atoms with E-state index in [0.717, 1.165) is 28.2 Å². The van der Waals surface area contributed by atoms with Crippen molar-refractivity contribution in [3.05, 3.63) is 158 Å². The number of benzene rings is 7. The van der Waals surface area contributed by atoms with Crippen molar-refractivity contribution in [3.8, 4) is 28.2 Å². The Morgan fingerprint density at radius 2 is 0.930 bits per heavy atom. The van der Waals surface area contributed by atoms with E-state index in [2.05, 4.69) is 162 Å². The van der Waals surface area contributed by atoms with Crippen molar-refractivity contribution in [1.82, 2.24) is 9.55 Å². The Balaban J connectivity index is 1.42. The zero-order chi connectivity index (χ0) is 28.3. The van der Waals surface area contributed by atoms with E-state index in [1.807, 2.05) is 0 Å². The van der Waals surface area contributed by atoms with E-state index in [-0.39, 0.29) is 0 Å². The number of rotatable bonds is 3. The van der Waals surface area contributed by atoms with E-state index in [1.165, 1.54) is 54.2 Å². The van der Waals surface area contributed by atoms with Crippen LogP contribution in [-0.2, 0) is 0 Å². The fraction of sp³-hybridized carbons (Fsp3) is 0. The van der Waals surface area contributed by atoms with E-state index in [1.54, 1.807) is 0 Å². The van der Waals surface area contributed by atoms with Gasteiger partial charge in [-0.2, -0.15) is 0 Å². The van der Waals surface area contributed by atoms with Crippen molar-refractivity contribution in [3.63, 3.8) is 0 Å². The largest absolute Gasteiger partial charge is 0.293 e. The van der Waals surface area contributed by atoms with E-state index in [0.29, 0.717) is 0 Å². The van der Waals surface area contributed by atoms with Gasteiger partial charge in [-0.3, -0.25) is 4.57 Å². The monoisotopic (exact) mass is 546 g/mol. The minimum absolute atomic E-state index is 0.914. The van der Waals surface area contributed by atoms with Crippen LogP contribution >= 0.6 is 0 Å². The van der Waals surface area contributed by atoms with Gasteiger partial charge in [0.2, 0.25) is 0 Å². The summed E-state index contributed by atoms with van der Waals surface area (Å²) in [7, 11) is 0. The minimum atomic E-state index is 0.914. The van der Waals surface area contributed by atoms with Crippen LogP contribution in [0.5, 0.6) is 0 Å². The number of para-hydroxylation sites is 1. The second kappa shape index (κ2) is 9.40. The summed E-state index contributed by atoms with van der Waals surface area (Å²) in [5, 5.41) is 10.0. The number of aromatic nitrogens is 2. The van der Waals surface area contributed by atoms with Crippen molar-refractivity contribution in [2.75, 3.05) is 0 Å². The van der Waals surface area contributed by atoms with Gasteiger partial charge in [0.15, 0.2) is 0 Å². The molecule has 2 nitrogen and oxygen atoms in total. The van der Waals surface area contributed by atoms with Gasteiger partial charge in [0.25, 0.3) is 0 Å². The third kappa shape index (κ3) is 3.70. The molecule has 0 saturated heterocycles. The zero-order valence-corrected chi connectivity index (χ0v) is 23.4. The lowest BCUT2D eigenvalue weighted by Crippen LogP contribution is -2.00. The summed E-state index contributed by atoms with van der Waals surface area (Å²) in [6.45, 7) is 0. The van der Waals surface area contributed by atoms with Gasteiger partial charge in [-0.15, -0.1) is 0 Å². The summed E-state index contributed by atoms with van der Waals surface area (Å²) in [6.07, 6.45) is 0. The quantitative estimate of drug-likeness (QED) is 0.202. The highest BCUT2D eigenvalue weighted by molar-refractivity contribution is 6.25. The van der Waals surface area contributed by atoms with Gasteiger partial charge >= 0.3 is 0 Å². The second-order valence-corrected chi connectivity index (χ2v) is 11.2. The molecule has 0 bridgehead atoms. The fourth-order valence-corrected chi connectivity index (χ4v) is 6.79. The van der Waals surface area contributed by atoms with E-state index >= 15 is 0 Å². The summed E-state index contributed by atoms with van der Waals surface area (Å²) in [5.41, 5.74) is 6.72. The van der Waals surface area contributed by atoms with Gasteiger partial charge < -0.3 is 0 Å². The predicted molar refractivity (Wildman–Crippen MR) is 182 cm³/mol. The summed E-state index contributed by atoms with van der Waals surface area (Å²) >= 11 is 0. The molecule has 2 heterocycles. The molecule has 0 aliphatic rings. The Bertz CT molecular complexity index is 2430. The van der Waals surface area contributed by atoms with Gasteiger partial charge in [-0.25, -0.2) is 4.98 Å². The third-order valence-corrected chi connectivity index (χ3v) is 8.77. The van der Waals surface area contributed by atoms with Crippen LogP contribution in [0.15, 0.2) is 158 Å². The normalized spacial score (nSPS) is 11.7. The van der Waals surface area contributed by atoms with Crippen LogP contribution in [-0.4, -0.2) is 9.55 Å². The first-order valence-corrected chi connectivity index (χ1v) is 14.7. The second-order valence-electron chi connectivity index (χ2n) is 11.2. The summed E-state index contributed by atoms with van der Waals surface area (Å²) in [5.74, 6) is 0.914. The first-order chi connectivity index (χ1) is 21.3. The van der Waals surface area contributed by atoms with E-state index < -0.39 is 0 Å². The maximum absolute atomic E-state index is 5.34. The lowest BCUT2D eigenvalue weighted by atomic mass is 9.96.